The number of methoxy groups -OCH3 is 1. The first kappa shape index (κ1) is 24.6. The monoisotopic (exact) mass is 528 g/mol. The smallest absolute Gasteiger partial charge is 0.323 e. The van der Waals surface area contributed by atoms with Gasteiger partial charge < -0.3 is 29.2 Å². The summed E-state index contributed by atoms with van der Waals surface area (Å²) in [5.41, 5.74) is 5.35. The molecule has 0 unspecified atom stereocenters. The number of nitrogens with one attached hydrogen (secondary N) is 1. The van der Waals surface area contributed by atoms with Crippen LogP contribution in [0, 0.1) is 0 Å². The van der Waals surface area contributed by atoms with Crippen molar-refractivity contribution in [2.45, 2.75) is 32.5 Å². The molecule has 0 saturated heterocycles. The fourth-order valence-corrected chi connectivity index (χ4v) is 6.99. The van der Waals surface area contributed by atoms with E-state index < -0.39 is 0 Å². The minimum atomic E-state index is -0.305. The number of nitrogens with zero attached hydrogens (tertiary/aromatic N) is 3. The van der Waals surface area contributed by atoms with Crippen LogP contribution in [0.1, 0.15) is 40.2 Å². The van der Waals surface area contributed by atoms with Gasteiger partial charge in [-0.15, -0.1) is 11.3 Å². The molecule has 0 bridgehead atoms. The highest BCUT2D eigenvalue weighted by atomic mass is 32.1. The summed E-state index contributed by atoms with van der Waals surface area (Å²) in [5.74, 6) is 1.43. The molecule has 1 N–H and O–H groups in total. The summed E-state index contributed by atoms with van der Waals surface area (Å²) in [6, 6.07) is 19.3. The maximum Gasteiger partial charge on any atom is 0.323 e. The zero-order valence-electron chi connectivity index (χ0n) is 21.9. The molecule has 1 atom stereocenters. The number of carbonyl (C=O) groups is 1. The lowest BCUT2D eigenvalue weighted by molar-refractivity contribution is 0.194. The van der Waals surface area contributed by atoms with E-state index in [0.717, 1.165) is 36.5 Å². The molecule has 2 aromatic heterocycles. The molecule has 8 heteroatoms. The number of hydrogen-bond donors (Lipinski definition) is 1. The summed E-state index contributed by atoms with van der Waals surface area (Å²) < 4.78 is 13.7. The zero-order chi connectivity index (χ0) is 26.2. The van der Waals surface area contributed by atoms with Crippen molar-refractivity contribution in [3.63, 3.8) is 0 Å². The van der Waals surface area contributed by atoms with Gasteiger partial charge in [-0.1, -0.05) is 24.3 Å². The maximum atomic E-state index is 14.2. The van der Waals surface area contributed by atoms with E-state index in [2.05, 4.69) is 46.2 Å². The molecule has 0 radical (unpaired) electrons. The number of benzene rings is 2. The molecule has 0 spiro atoms. The summed E-state index contributed by atoms with van der Waals surface area (Å²) in [6.45, 7) is 4.93. The SMILES string of the molecule is CCOc1ccccc1NC(=O)N1Cc2c(sc3c2CCN(C)C3)-n2cccc2[C@H]1c1cccc(OC)c1. The van der Waals surface area contributed by atoms with Gasteiger partial charge in [0, 0.05) is 29.7 Å². The molecule has 7 nitrogen and oxygen atoms in total. The number of para-hydroxylation sites is 2. The number of ether oxygens (including phenoxy) is 2. The molecule has 2 amide bonds. The van der Waals surface area contributed by atoms with Crippen molar-refractivity contribution in [3.8, 4) is 16.5 Å². The number of thiophene rings is 1. The first-order chi connectivity index (χ1) is 18.6. The van der Waals surface area contributed by atoms with Crippen LogP contribution < -0.4 is 14.8 Å². The van der Waals surface area contributed by atoms with E-state index in [0.29, 0.717) is 24.6 Å². The molecule has 2 aliphatic rings. The van der Waals surface area contributed by atoms with E-state index in [-0.39, 0.29) is 12.1 Å². The molecule has 4 heterocycles. The number of carbonyl (C=O) groups excluding carboxylic acids is 1. The fourth-order valence-electron chi connectivity index (χ4n) is 5.55. The van der Waals surface area contributed by atoms with Crippen molar-refractivity contribution in [3.05, 3.63) is 94.1 Å². The molecular formula is C30H32N4O3S. The minimum absolute atomic E-state index is 0.168. The normalized spacial score (nSPS) is 16.7. The molecule has 4 aromatic rings. The van der Waals surface area contributed by atoms with Crippen LogP contribution in [0.4, 0.5) is 10.5 Å². The predicted octanol–water partition coefficient (Wildman–Crippen LogP) is 6.07. The van der Waals surface area contributed by atoms with E-state index in [1.54, 1.807) is 7.11 Å². The number of urea groups is 1. The summed E-state index contributed by atoms with van der Waals surface area (Å²) >= 11 is 1.85. The molecule has 0 fully saturated rings. The minimum Gasteiger partial charge on any atom is -0.497 e. The van der Waals surface area contributed by atoms with Crippen LogP contribution in [0.3, 0.4) is 0 Å². The first-order valence-electron chi connectivity index (χ1n) is 13.0. The lowest BCUT2D eigenvalue weighted by Crippen LogP contribution is -2.38. The Balaban J connectivity index is 1.49. The number of amides is 2. The molecule has 0 saturated carbocycles. The van der Waals surface area contributed by atoms with Gasteiger partial charge in [-0.3, -0.25) is 0 Å². The molecule has 196 valence electrons. The van der Waals surface area contributed by atoms with Crippen LogP contribution in [-0.2, 0) is 19.5 Å². The maximum absolute atomic E-state index is 14.2. The Morgan fingerprint density at radius 2 is 1.95 bits per heavy atom. The molecular weight excluding hydrogens is 496 g/mol. The number of likely N-dealkylation sites (N-methyl/N-ethyl adjacent to an activating group) is 1. The van der Waals surface area contributed by atoms with Crippen LogP contribution in [0.2, 0.25) is 0 Å². The van der Waals surface area contributed by atoms with Gasteiger partial charge in [0.1, 0.15) is 16.5 Å². The van der Waals surface area contributed by atoms with Crippen molar-refractivity contribution < 1.29 is 14.3 Å². The van der Waals surface area contributed by atoms with Gasteiger partial charge in [0.25, 0.3) is 0 Å². The number of rotatable bonds is 5. The largest absolute Gasteiger partial charge is 0.497 e. The van der Waals surface area contributed by atoms with E-state index >= 15 is 0 Å². The number of aromatic nitrogens is 1. The zero-order valence-corrected chi connectivity index (χ0v) is 22.8. The third kappa shape index (κ3) is 4.33. The quantitative estimate of drug-likeness (QED) is 0.342. The van der Waals surface area contributed by atoms with Crippen molar-refractivity contribution in [2.24, 2.45) is 0 Å². The summed E-state index contributed by atoms with van der Waals surface area (Å²) in [6.07, 6.45) is 3.11. The lowest BCUT2D eigenvalue weighted by Gasteiger charge is -2.32. The van der Waals surface area contributed by atoms with Crippen LogP contribution in [-0.4, -0.2) is 47.7 Å². The summed E-state index contributed by atoms with van der Waals surface area (Å²) in [4.78, 5) is 19.9. The van der Waals surface area contributed by atoms with Crippen LogP contribution >= 0.6 is 11.3 Å². The number of hydrogen-bond acceptors (Lipinski definition) is 5. The summed E-state index contributed by atoms with van der Waals surface area (Å²) in [5, 5.41) is 4.38. The molecule has 0 aliphatic carbocycles. The highest BCUT2D eigenvalue weighted by Gasteiger charge is 2.36. The van der Waals surface area contributed by atoms with E-state index in [9.17, 15) is 4.79 Å². The topological polar surface area (TPSA) is 59.0 Å². The van der Waals surface area contributed by atoms with Crippen LogP contribution in [0.15, 0.2) is 66.9 Å². The van der Waals surface area contributed by atoms with Gasteiger partial charge in [-0.25, -0.2) is 4.79 Å². The number of anilines is 1. The van der Waals surface area contributed by atoms with Gasteiger partial charge in [0.15, 0.2) is 0 Å². The fraction of sp³-hybridized carbons (Fsp3) is 0.300. The van der Waals surface area contributed by atoms with E-state index in [1.807, 2.05) is 65.6 Å². The predicted molar refractivity (Wildman–Crippen MR) is 151 cm³/mol. The second-order valence-electron chi connectivity index (χ2n) is 9.74. The van der Waals surface area contributed by atoms with Gasteiger partial charge >= 0.3 is 6.03 Å². The van der Waals surface area contributed by atoms with Gasteiger partial charge in [-0.2, -0.15) is 0 Å². The van der Waals surface area contributed by atoms with Crippen LogP contribution in [0.25, 0.3) is 5.00 Å². The third-order valence-corrected chi connectivity index (χ3v) is 8.61. The Kier molecular flexibility index (Phi) is 6.59. The standard InChI is InChI=1S/C30H32N4O3S/c1-4-37-26-13-6-5-11-24(26)31-30(35)34-18-23-22-14-16-32(2)19-27(22)38-29(23)33-15-8-12-25(33)28(34)20-9-7-10-21(17-20)36-3/h5-13,15,17,28H,4,14,16,18-19H2,1-3H3,(H,31,35)/t28-/m1/s1. The Hall–Kier alpha value is -3.75. The highest BCUT2D eigenvalue weighted by molar-refractivity contribution is 7.15. The molecule has 38 heavy (non-hydrogen) atoms. The van der Waals surface area contributed by atoms with E-state index in [1.165, 1.54) is 21.0 Å². The highest BCUT2D eigenvalue weighted by Crippen LogP contribution is 2.44. The Morgan fingerprint density at radius 1 is 1.08 bits per heavy atom. The van der Waals surface area contributed by atoms with Crippen molar-refractivity contribution in [1.82, 2.24) is 14.4 Å². The molecule has 2 aliphatic heterocycles. The Bertz CT molecular complexity index is 1480. The van der Waals surface area contributed by atoms with Crippen LogP contribution in [0.5, 0.6) is 11.5 Å². The second-order valence-corrected chi connectivity index (χ2v) is 10.8. The Labute approximate surface area is 227 Å². The second kappa shape index (κ2) is 10.2. The molecule has 2 aromatic carbocycles. The lowest BCUT2D eigenvalue weighted by atomic mass is 10.00. The Morgan fingerprint density at radius 3 is 2.79 bits per heavy atom. The van der Waals surface area contributed by atoms with E-state index in [4.69, 9.17) is 9.47 Å². The number of fused-ring (bicyclic) bond motifs is 5. The molecule has 6 rings (SSSR count). The van der Waals surface area contributed by atoms with Crippen molar-refractivity contribution in [2.75, 3.05) is 32.6 Å². The van der Waals surface area contributed by atoms with Gasteiger partial charge in [0.05, 0.1) is 37.7 Å². The average Bonchev–Trinajstić information content (AvgIpc) is 3.51. The van der Waals surface area contributed by atoms with Crippen molar-refractivity contribution >= 4 is 23.1 Å². The van der Waals surface area contributed by atoms with Gasteiger partial charge in [0.2, 0.25) is 0 Å². The average molecular weight is 529 g/mol. The van der Waals surface area contributed by atoms with Gasteiger partial charge in [-0.05, 0) is 67.9 Å². The van der Waals surface area contributed by atoms with Crippen molar-refractivity contribution in [1.29, 1.82) is 0 Å². The third-order valence-electron chi connectivity index (χ3n) is 7.35. The first-order valence-corrected chi connectivity index (χ1v) is 13.8. The summed E-state index contributed by atoms with van der Waals surface area (Å²) in [7, 11) is 3.84.